The smallest absolute Gasteiger partial charge is 0.416 e. The molecule has 1 aliphatic rings. The maximum Gasteiger partial charge on any atom is 0.416 e. The summed E-state index contributed by atoms with van der Waals surface area (Å²) in [7, 11) is 1.53. The molecule has 0 saturated heterocycles. The van der Waals surface area contributed by atoms with Crippen molar-refractivity contribution in [2.75, 3.05) is 25.2 Å². The molecule has 0 aliphatic carbocycles. The Morgan fingerprint density at radius 1 is 1.14 bits per heavy atom. The number of carbonyl (C=O) groups is 1. The van der Waals surface area contributed by atoms with Crippen molar-refractivity contribution >= 4 is 18.1 Å². The molecule has 0 amide bonds. The van der Waals surface area contributed by atoms with Crippen LogP contribution in [0.2, 0.25) is 0 Å². The number of ether oxygens (including phenoxy) is 2. The maximum atomic E-state index is 12.9. The van der Waals surface area contributed by atoms with E-state index in [1.165, 1.54) is 25.6 Å². The highest BCUT2D eigenvalue weighted by Gasteiger charge is 2.30. The summed E-state index contributed by atoms with van der Waals surface area (Å²) in [4.78, 5) is 17.4. The molecule has 0 fully saturated rings. The predicted octanol–water partition coefficient (Wildman–Crippen LogP) is 5.63. The summed E-state index contributed by atoms with van der Waals surface area (Å²) >= 11 is 0. The van der Waals surface area contributed by atoms with Crippen LogP contribution >= 0.6 is 0 Å². The van der Waals surface area contributed by atoms with Crippen molar-refractivity contribution in [2.24, 2.45) is 4.99 Å². The van der Waals surface area contributed by atoms with Crippen LogP contribution in [-0.4, -0.2) is 37.7 Å². The highest BCUT2D eigenvalue weighted by atomic mass is 19.4. The Hall–Kier alpha value is -3.49. The number of carboxylic acid groups (broad SMARTS) is 1. The van der Waals surface area contributed by atoms with Gasteiger partial charge in [-0.25, -0.2) is 4.99 Å². The Morgan fingerprint density at radius 2 is 1.89 bits per heavy atom. The van der Waals surface area contributed by atoms with Crippen LogP contribution in [0.1, 0.15) is 42.0 Å². The molecule has 0 radical (unpaired) electrons. The van der Waals surface area contributed by atoms with Gasteiger partial charge in [-0.2, -0.15) is 13.2 Å². The number of carboxylic acids is 1. The zero-order valence-corrected chi connectivity index (χ0v) is 19.8. The summed E-state index contributed by atoms with van der Waals surface area (Å²) < 4.78 is 49.8. The summed E-state index contributed by atoms with van der Waals surface area (Å²) in [6.07, 6.45) is 0.442. The number of hydrogen-bond acceptors (Lipinski definition) is 5. The highest BCUT2D eigenvalue weighted by Crippen LogP contribution is 2.35. The summed E-state index contributed by atoms with van der Waals surface area (Å²) in [5.74, 6) is -0.151. The van der Waals surface area contributed by atoms with E-state index in [0.29, 0.717) is 44.6 Å². The van der Waals surface area contributed by atoms with Crippen molar-refractivity contribution in [3.05, 3.63) is 70.4 Å². The van der Waals surface area contributed by atoms with Gasteiger partial charge < -0.3 is 19.5 Å². The molecule has 0 unspecified atom stereocenters. The predicted molar refractivity (Wildman–Crippen MR) is 128 cm³/mol. The third kappa shape index (κ3) is 7.00. The van der Waals surface area contributed by atoms with E-state index in [4.69, 9.17) is 14.6 Å². The van der Waals surface area contributed by atoms with E-state index in [1.807, 2.05) is 30.0 Å². The fourth-order valence-corrected chi connectivity index (χ4v) is 4.07. The lowest BCUT2D eigenvalue weighted by Crippen LogP contribution is -2.31. The molecule has 0 bridgehead atoms. The molecule has 35 heavy (non-hydrogen) atoms. The van der Waals surface area contributed by atoms with E-state index in [9.17, 15) is 18.0 Å². The second-order valence-electron chi connectivity index (χ2n) is 8.14. The van der Waals surface area contributed by atoms with Gasteiger partial charge in [0.05, 0.1) is 19.3 Å². The first-order valence-corrected chi connectivity index (χ1v) is 11.3. The molecular weight excluding hydrogens is 461 g/mol. The number of rotatable bonds is 10. The van der Waals surface area contributed by atoms with Crippen molar-refractivity contribution in [3.63, 3.8) is 0 Å². The van der Waals surface area contributed by atoms with Crippen LogP contribution < -0.4 is 9.64 Å². The minimum Gasteiger partial charge on any atom is -0.493 e. The van der Waals surface area contributed by atoms with E-state index < -0.39 is 17.7 Å². The average Bonchev–Trinajstić information content (AvgIpc) is 2.84. The Bertz CT molecular complexity index is 1080. The average molecular weight is 491 g/mol. The number of aryl methyl sites for hydroxylation is 1. The minimum atomic E-state index is -4.38. The highest BCUT2D eigenvalue weighted by molar-refractivity contribution is 5.67. The maximum absolute atomic E-state index is 12.9. The van der Waals surface area contributed by atoms with Crippen molar-refractivity contribution in [2.45, 2.75) is 45.3 Å². The van der Waals surface area contributed by atoms with Gasteiger partial charge in [-0.15, -0.1) is 0 Å². The molecule has 3 rings (SSSR count). The Balaban J connectivity index is 1.81. The van der Waals surface area contributed by atoms with Crippen LogP contribution in [-0.2, 0) is 35.1 Å². The third-order valence-electron chi connectivity index (χ3n) is 5.91. The molecule has 188 valence electrons. The molecular formula is C26H29F3N2O4. The number of allylic oxidation sites excluding steroid dienone is 1. The number of methoxy groups -OCH3 is 1. The number of alkyl halides is 3. The van der Waals surface area contributed by atoms with Crippen molar-refractivity contribution in [3.8, 4) is 5.75 Å². The van der Waals surface area contributed by atoms with Crippen molar-refractivity contribution < 1.29 is 32.5 Å². The Morgan fingerprint density at radius 3 is 2.51 bits per heavy atom. The lowest BCUT2D eigenvalue weighted by molar-refractivity contribution is -0.138. The fraction of sp³-hybridized carbons (Fsp3) is 0.385. The topological polar surface area (TPSA) is 71.4 Å². The molecule has 6 nitrogen and oxygen atoms in total. The zero-order valence-electron chi connectivity index (χ0n) is 19.8. The second-order valence-corrected chi connectivity index (χ2v) is 8.14. The lowest BCUT2D eigenvalue weighted by Gasteiger charge is -2.33. The quantitative estimate of drug-likeness (QED) is 0.345. The molecule has 9 heteroatoms. The third-order valence-corrected chi connectivity index (χ3v) is 5.91. The molecule has 0 aromatic heterocycles. The fourth-order valence-electron chi connectivity index (χ4n) is 4.07. The summed E-state index contributed by atoms with van der Waals surface area (Å²) in [6.45, 7) is 3.36. The molecule has 0 atom stereocenters. The van der Waals surface area contributed by atoms with Gasteiger partial charge in [0.1, 0.15) is 5.75 Å². The van der Waals surface area contributed by atoms with Crippen LogP contribution in [0.5, 0.6) is 5.75 Å². The van der Waals surface area contributed by atoms with Gasteiger partial charge in [0.2, 0.25) is 0 Å². The SMILES string of the molecule is C/C=C(\CCOc1ccc(CCC(=O)O)c2c1CCN(c1ccc(C(F)(F)F)cc1)C2)N=COC. The number of benzene rings is 2. The summed E-state index contributed by atoms with van der Waals surface area (Å²) in [5, 5.41) is 9.16. The molecule has 0 spiro atoms. The van der Waals surface area contributed by atoms with Crippen molar-refractivity contribution in [1.82, 2.24) is 0 Å². The van der Waals surface area contributed by atoms with Gasteiger partial charge >= 0.3 is 12.1 Å². The van der Waals surface area contributed by atoms with Gasteiger partial charge in [-0.3, -0.25) is 4.79 Å². The van der Waals surface area contributed by atoms with Gasteiger partial charge in [0, 0.05) is 42.9 Å². The number of aliphatic carboxylic acids is 1. The zero-order chi connectivity index (χ0) is 25.4. The monoisotopic (exact) mass is 490 g/mol. The second kappa shape index (κ2) is 11.8. The van der Waals surface area contributed by atoms with Gasteiger partial charge in [0.15, 0.2) is 6.40 Å². The molecule has 2 aromatic carbocycles. The van der Waals surface area contributed by atoms with Crippen molar-refractivity contribution in [1.29, 1.82) is 0 Å². The first-order chi connectivity index (χ1) is 16.7. The number of aliphatic imine (C=N–C) groups is 1. The normalized spacial score (nSPS) is 14.2. The molecule has 0 saturated carbocycles. The largest absolute Gasteiger partial charge is 0.493 e. The number of hydrogen-bond donors (Lipinski definition) is 1. The van der Waals surface area contributed by atoms with E-state index >= 15 is 0 Å². The summed E-state index contributed by atoms with van der Waals surface area (Å²) in [5.41, 5.74) is 3.72. The summed E-state index contributed by atoms with van der Waals surface area (Å²) in [6, 6.07) is 8.88. The number of anilines is 1. The van der Waals surface area contributed by atoms with Crippen LogP contribution in [0.4, 0.5) is 18.9 Å². The molecule has 2 aromatic rings. The van der Waals surface area contributed by atoms with Crippen LogP contribution in [0.25, 0.3) is 0 Å². The standard InChI is InChI=1S/C26H29F3N2O4/c1-3-20(30-17-34-2)13-15-35-24-10-4-18(5-11-25(32)33)23-16-31(14-12-22(23)24)21-8-6-19(7-9-21)26(27,28)29/h3-4,6-10,17H,5,11-16H2,1-2H3,(H,32,33)/b20-3+,30-17?. The minimum absolute atomic E-state index is 0.00488. The van der Waals surface area contributed by atoms with Gasteiger partial charge in [0.25, 0.3) is 0 Å². The number of nitrogens with zero attached hydrogens (tertiary/aromatic N) is 2. The van der Waals surface area contributed by atoms with E-state index in [2.05, 4.69) is 4.99 Å². The molecule has 1 aliphatic heterocycles. The van der Waals surface area contributed by atoms with E-state index in [-0.39, 0.29) is 6.42 Å². The first kappa shape index (κ1) is 26.1. The van der Waals surface area contributed by atoms with Gasteiger partial charge in [-0.1, -0.05) is 12.1 Å². The first-order valence-electron chi connectivity index (χ1n) is 11.3. The van der Waals surface area contributed by atoms with Gasteiger partial charge in [-0.05, 0) is 61.2 Å². The van der Waals surface area contributed by atoms with E-state index in [1.54, 1.807) is 0 Å². The van der Waals surface area contributed by atoms with Crippen LogP contribution in [0.15, 0.2) is 53.2 Å². The van der Waals surface area contributed by atoms with E-state index in [0.717, 1.165) is 40.3 Å². The lowest BCUT2D eigenvalue weighted by atomic mass is 9.91. The molecule has 1 N–H and O–H groups in total. The number of halogens is 3. The van der Waals surface area contributed by atoms with Crippen LogP contribution in [0.3, 0.4) is 0 Å². The molecule has 1 heterocycles. The number of fused-ring (bicyclic) bond motifs is 1. The van der Waals surface area contributed by atoms with Crippen LogP contribution in [0, 0.1) is 0 Å². The Kier molecular flexibility index (Phi) is 8.78. The Labute approximate surface area is 202 Å².